The van der Waals surface area contributed by atoms with Gasteiger partial charge in [0.2, 0.25) is 11.0 Å². The lowest BCUT2D eigenvalue weighted by atomic mass is 9.82. The number of anilines is 1. The Morgan fingerprint density at radius 2 is 1.90 bits per heavy atom. The molecule has 6 nitrogen and oxygen atoms in total. The second-order valence-corrected chi connectivity index (χ2v) is 6.21. The molecule has 1 saturated carbocycles. The van der Waals surface area contributed by atoms with E-state index in [1.165, 1.54) is 11.3 Å². The van der Waals surface area contributed by atoms with E-state index in [0.717, 1.165) is 17.8 Å². The molecular weight excluding hydrogens is 278 g/mol. The van der Waals surface area contributed by atoms with Gasteiger partial charge in [-0.05, 0) is 25.7 Å². The summed E-state index contributed by atoms with van der Waals surface area (Å²) < 4.78 is 0. The number of nitrogens with one attached hydrogen (secondary N) is 1. The number of carboxylic acid groups (broad SMARTS) is 1. The van der Waals surface area contributed by atoms with Crippen molar-refractivity contribution >= 4 is 28.3 Å². The van der Waals surface area contributed by atoms with Crippen molar-refractivity contribution in [1.29, 1.82) is 0 Å². The third-order valence-electron chi connectivity index (χ3n) is 3.68. The number of hydrogen-bond donors (Lipinski definition) is 2. The number of carbonyl (C=O) groups is 2. The van der Waals surface area contributed by atoms with Crippen LogP contribution in [0.2, 0.25) is 0 Å². The number of hydrogen-bond acceptors (Lipinski definition) is 5. The van der Waals surface area contributed by atoms with E-state index in [0.29, 0.717) is 23.9 Å². The maximum absolute atomic E-state index is 12.2. The van der Waals surface area contributed by atoms with E-state index in [9.17, 15) is 9.59 Å². The molecule has 0 aromatic carbocycles. The number of allylic oxidation sites excluding steroid dienone is 2. The molecule has 2 unspecified atom stereocenters. The number of nitrogens with zero attached hydrogens (tertiary/aromatic N) is 2. The standard InChI is InChI=1S/C13H15N3O3S/c17-10(8-3-1-2-4-9(8)12(18)19)14-13-16-15-11(20-13)7-5-6-7/h1-2,7-9H,3-6H2,(H,18,19)(H,14,16,17). The molecule has 1 aromatic rings. The molecule has 1 aromatic heterocycles. The number of carboxylic acids is 1. The molecule has 1 heterocycles. The Hall–Kier alpha value is -1.76. The minimum Gasteiger partial charge on any atom is -0.481 e. The van der Waals surface area contributed by atoms with E-state index in [1.807, 2.05) is 12.2 Å². The third-order valence-corrected chi connectivity index (χ3v) is 4.68. The summed E-state index contributed by atoms with van der Waals surface area (Å²) in [6, 6.07) is 0. The number of aromatic nitrogens is 2. The van der Waals surface area contributed by atoms with Gasteiger partial charge >= 0.3 is 5.97 Å². The quantitative estimate of drug-likeness (QED) is 0.829. The number of amides is 1. The van der Waals surface area contributed by atoms with Crippen LogP contribution in [-0.2, 0) is 9.59 Å². The second kappa shape index (κ2) is 5.32. The van der Waals surface area contributed by atoms with Crippen LogP contribution in [0, 0.1) is 11.8 Å². The van der Waals surface area contributed by atoms with Crippen LogP contribution in [0.1, 0.15) is 36.6 Å². The average Bonchev–Trinajstić information content (AvgIpc) is 3.19. The zero-order valence-corrected chi connectivity index (χ0v) is 11.6. The minimum absolute atomic E-state index is 0.278. The average molecular weight is 293 g/mol. The third kappa shape index (κ3) is 2.72. The first-order valence-corrected chi connectivity index (χ1v) is 7.49. The molecule has 2 aliphatic carbocycles. The Labute approximate surface area is 119 Å². The van der Waals surface area contributed by atoms with Gasteiger partial charge in [0.15, 0.2) is 0 Å². The van der Waals surface area contributed by atoms with Crippen molar-refractivity contribution in [2.45, 2.75) is 31.6 Å². The number of carbonyl (C=O) groups excluding carboxylic acids is 1. The zero-order chi connectivity index (χ0) is 14.1. The Morgan fingerprint density at radius 1 is 1.20 bits per heavy atom. The van der Waals surface area contributed by atoms with Crippen LogP contribution in [-0.4, -0.2) is 27.2 Å². The second-order valence-electron chi connectivity index (χ2n) is 5.20. The van der Waals surface area contributed by atoms with Crippen LogP contribution < -0.4 is 5.32 Å². The molecule has 1 fully saturated rings. The van der Waals surface area contributed by atoms with Gasteiger partial charge < -0.3 is 10.4 Å². The monoisotopic (exact) mass is 293 g/mol. The van der Waals surface area contributed by atoms with Crippen LogP contribution in [0.4, 0.5) is 5.13 Å². The van der Waals surface area contributed by atoms with Gasteiger partial charge in [-0.15, -0.1) is 10.2 Å². The van der Waals surface area contributed by atoms with Crippen molar-refractivity contribution in [3.63, 3.8) is 0 Å². The Morgan fingerprint density at radius 3 is 2.55 bits per heavy atom. The summed E-state index contributed by atoms with van der Waals surface area (Å²) in [5.41, 5.74) is 0. The highest BCUT2D eigenvalue weighted by atomic mass is 32.1. The molecule has 0 bridgehead atoms. The van der Waals surface area contributed by atoms with E-state index in [4.69, 9.17) is 5.11 Å². The predicted octanol–water partition coefficient (Wildman–Crippen LogP) is 2.02. The van der Waals surface area contributed by atoms with Crippen LogP contribution in [0.25, 0.3) is 0 Å². The molecule has 2 atom stereocenters. The van der Waals surface area contributed by atoms with Gasteiger partial charge in [0.1, 0.15) is 5.01 Å². The van der Waals surface area contributed by atoms with Gasteiger partial charge in [0.05, 0.1) is 11.8 Å². The lowest BCUT2D eigenvalue weighted by Gasteiger charge is -2.23. The first kappa shape index (κ1) is 13.2. The predicted molar refractivity (Wildman–Crippen MR) is 73.5 cm³/mol. The molecule has 0 saturated heterocycles. The summed E-state index contributed by atoms with van der Waals surface area (Å²) >= 11 is 1.39. The van der Waals surface area contributed by atoms with Crippen LogP contribution in [0.5, 0.6) is 0 Å². The van der Waals surface area contributed by atoms with Crippen molar-refractivity contribution < 1.29 is 14.7 Å². The van der Waals surface area contributed by atoms with E-state index in [1.54, 1.807) is 0 Å². The summed E-state index contributed by atoms with van der Waals surface area (Å²) in [6.45, 7) is 0. The Bertz CT molecular complexity index is 565. The van der Waals surface area contributed by atoms with Gasteiger partial charge in [-0.1, -0.05) is 23.5 Å². The van der Waals surface area contributed by atoms with Crippen molar-refractivity contribution in [2.75, 3.05) is 5.32 Å². The van der Waals surface area contributed by atoms with Crippen molar-refractivity contribution in [2.24, 2.45) is 11.8 Å². The molecule has 106 valence electrons. The first-order chi connectivity index (χ1) is 9.65. The van der Waals surface area contributed by atoms with Crippen LogP contribution in [0.15, 0.2) is 12.2 Å². The van der Waals surface area contributed by atoms with Gasteiger partial charge in [-0.3, -0.25) is 9.59 Å². The highest BCUT2D eigenvalue weighted by molar-refractivity contribution is 7.15. The molecule has 0 aliphatic heterocycles. The minimum atomic E-state index is -0.926. The molecule has 7 heteroatoms. The van der Waals surface area contributed by atoms with Gasteiger partial charge in [0, 0.05) is 5.92 Å². The molecule has 1 amide bonds. The van der Waals surface area contributed by atoms with Crippen molar-refractivity contribution in [3.8, 4) is 0 Å². The summed E-state index contributed by atoms with van der Waals surface area (Å²) in [6.07, 6.45) is 6.81. The Kier molecular flexibility index (Phi) is 3.52. The number of rotatable bonds is 4. The van der Waals surface area contributed by atoms with Crippen molar-refractivity contribution in [3.05, 3.63) is 17.2 Å². The fourth-order valence-electron chi connectivity index (χ4n) is 2.36. The molecule has 0 radical (unpaired) electrons. The summed E-state index contributed by atoms with van der Waals surface area (Å²) in [7, 11) is 0. The van der Waals surface area contributed by atoms with E-state index in [2.05, 4.69) is 15.5 Å². The maximum atomic E-state index is 12.2. The van der Waals surface area contributed by atoms with Gasteiger partial charge in [-0.2, -0.15) is 0 Å². The maximum Gasteiger partial charge on any atom is 0.307 e. The smallest absolute Gasteiger partial charge is 0.307 e. The molecule has 0 spiro atoms. The van der Waals surface area contributed by atoms with Crippen LogP contribution >= 0.6 is 11.3 Å². The largest absolute Gasteiger partial charge is 0.481 e. The summed E-state index contributed by atoms with van der Waals surface area (Å²) in [4.78, 5) is 23.4. The van der Waals surface area contributed by atoms with E-state index in [-0.39, 0.29) is 5.91 Å². The SMILES string of the molecule is O=C(O)C1CC=CCC1C(=O)Nc1nnc(C2CC2)s1. The molecule has 2 N–H and O–H groups in total. The van der Waals surface area contributed by atoms with E-state index < -0.39 is 17.8 Å². The van der Waals surface area contributed by atoms with Crippen LogP contribution in [0.3, 0.4) is 0 Å². The highest BCUT2D eigenvalue weighted by Gasteiger charge is 2.34. The normalized spacial score (nSPS) is 25.4. The topological polar surface area (TPSA) is 92.2 Å². The molecule has 20 heavy (non-hydrogen) atoms. The van der Waals surface area contributed by atoms with Gasteiger partial charge in [-0.25, -0.2) is 0 Å². The number of aliphatic carboxylic acids is 1. The Balaban J connectivity index is 1.67. The van der Waals surface area contributed by atoms with Gasteiger partial charge in [0.25, 0.3) is 0 Å². The fourth-order valence-corrected chi connectivity index (χ4v) is 3.27. The lowest BCUT2D eigenvalue weighted by Crippen LogP contribution is -2.34. The van der Waals surface area contributed by atoms with Crippen molar-refractivity contribution in [1.82, 2.24) is 10.2 Å². The fraction of sp³-hybridized carbons (Fsp3) is 0.538. The molecular formula is C13H15N3O3S. The first-order valence-electron chi connectivity index (χ1n) is 6.67. The van der Waals surface area contributed by atoms with E-state index >= 15 is 0 Å². The summed E-state index contributed by atoms with van der Waals surface area (Å²) in [5, 5.41) is 21.3. The highest BCUT2D eigenvalue weighted by Crippen LogP contribution is 2.42. The molecule has 3 rings (SSSR count). The zero-order valence-electron chi connectivity index (χ0n) is 10.8. The summed E-state index contributed by atoms with van der Waals surface area (Å²) in [5.74, 6) is -1.89. The molecule has 2 aliphatic rings. The lowest BCUT2D eigenvalue weighted by molar-refractivity contribution is -0.146.